The fourth-order valence-corrected chi connectivity index (χ4v) is 6.50. The zero-order valence-corrected chi connectivity index (χ0v) is 29.4. The molecule has 3 aromatic heterocycles. The van der Waals surface area contributed by atoms with E-state index >= 15 is 0 Å². The van der Waals surface area contributed by atoms with Crippen molar-refractivity contribution < 1.29 is 81.7 Å². The number of hydrogen-bond donors (Lipinski definition) is 18. The zero-order valence-electron chi connectivity index (χ0n) is 29.4. The predicted molar refractivity (Wildman–Crippen MR) is 195 cm³/mol. The molecule has 2 aliphatic rings. The highest BCUT2D eigenvalue weighted by Crippen LogP contribution is 2.37. The van der Waals surface area contributed by atoms with Crippen LogP contribution in [0.15, 0.2) is 24.3 Å². The van der Waals surface area contributed by atoms with E-state index in [4.69, 9.17) is 0 Å². The van der Waals surface area contributed by atoms with Crippen LogP contribution in [-0.2, 0) is 0 Å². The van der Waals surface area contributed by atoms with Gasteiger partial charge in [0.2, 0.25) is 0 Å². The van der Waals surface area contributed by atoms with Gasteiger partial charge in [-0.25, -0.2) is 9.97 Å². The molecular formula is C36H46N4O16. The smallest absolute Gasteiger partial charge is 0.112 e. The van der Waals surface area contributed by atoms with E-state index in [2.05, 4.69) is 19.9 Å². The first-order valence-corrected chi connectivity index (χ1v) is 17.4. The Balaban J connectivity index is 2.01. The Hall–Kier alpha value is -4.04. The average molecular weight is 791 g/mol. The summed E-state index contributed by atoms with van der Waals surface area (Å²) in [4.78, 5) is 14.9. The largest absolute Gasteiger partial charge is 0.394 e. The van der Waals surface area contributed by atoms with E-state index in [1.165, 1.54) is 48.6 Å². The summed E-state index contributed by atoms with van der Waals surface area (Å²) in [5.74, 6) is 0. The third-order valence-corrected chi connectivity index (χ3v) is 9.72. The molecule has 0 radical (unpaired) electrons. The van der Waals surface area contributed by atoms with Gasteiger partial charge in [0.1, 0.15) is 73.2 Å². The Bertz CT molecular complexity index is 1950. The standard InChI is InChI=1S/C36H46N4O16/c41-9-21(45)29(49)33(53)25-13-1-2-14(37-13)26(34(54)30(50)22(46)10-42)16-5-6-18(39-16)28(36(56)32(52)24(48)12-44)20-8-7-19(40-20)27(17-4-3-15(25)38-17)35(55)31(51)23(47)11-43/h1-8,21-24,29-38,41-56H,9-12H2/t21-,22-,23-,24-,29-,30-,31-,32-,33-,34-,35-,36-/m1/s1. The topological polar surface area (TPSA) is 381 Å². The summed E-state index contributed by atoms with van der Waals surface area (Å²) in [5, 5.41) is 168. The van der Waals surface area contributed by atoms with Crippen LogP contribution in [-0.4, -0.2) is 177 Å². The molecule has 18 N–H and O–H groups in total. The van der Waals surface area contributed by atoms with Crippen molar-refractivity contribution in [3.63, 3.8) is 0 Å². The van der Waals surface area contributed by atoms with E-state index in [0.717, 1.165) is 0 Å². The van der Waals surface area contributed by atoms with Crippen LogP contribution >= 0.6 is 0 Å². The molecule has 306 valence electrons. The minimum Gasteiger partial charge on any atom is -0.394 e. The number of aromatic amines is 2. The Morgan fingerprint density at radius 2 is 0.589 bits per heavy atom. The van der Waals surface area contributed by atoms with Gasteiger partial charge in [0.25, 0.3) is 0 Å². The van der Waals surface area contributed by atoms with E-state index in [9.17, 15) is 81.7 Å². The number of nitrogens with one attached hydrogen (secondary N) is 2. The second kappa shape index (κ2) is 18.0. The van der Waals surface area contributed by atoms with E-state index in [1.807, 2.05) is 0 Å². The van der Waals surface area contributed by atoms with Crippen LogP contribution < -0.4 is 0 Å². The highest BCUT2D eigenvalue weighted by molar-refractivity contribution is 5.84. The Labute approximate surface area is 316 Å². The second-order valence-corrected chi connectivity index (χ2v) is 13.4. The lowest BCUT2D eigenvalue weighted by atomic mass is 9.97. The zero-order chi connectivity index (χ0) is 41.2. The molecule has 3 aromatic rings. The van der Waals surface area contributed by atoms with Gasteiger partial charge >= 0.3 is 0 Å². The summed E-state index contributed by atoms with van der Waals surface area (Å²) >= 11 is 0. The molecule has 12 atom stereocenters. The van der Waals surface area contributed by atoms with Crippen molar-refractivity contribution in [2.45, 2.75) is 73.2 Å². The molecule has 20 heteroatoms. The SMILES string of the molecule is OC[C@@H](O)[C@@H](O)[C@H](O)c1c2nc(c([C@@H](O)[C@H](O)[C@H](O)CO)c3ccc([nH]3)c([C@@H](O)[C@H](O)[C@H](O)CO)c3ccc([nH]3)c([C@@H](O)[C@H](O)[C@H](O)CO)c3nc1C=C3)C=C2. The molecule has 56 heavy (non-hydrogen) atoms. The Morgan fingerprint density at radius 1 is 0.357 bits per heavy atom. The lowest BCUT2D eigenvalue weighted by Gasteiger charge is -2.23. The lowest BCUT2D eigenvalue weighted by molar-refractivity contribution is -0.0780. The van der Waals surface area contributed by atoms with Gasteiger partial charge in [0, 0.05) is 44.3 Å². The number of H-pyrrole nitrogens is 2. The highest BCUT2D eigenvalue weighted by Gasteiger charge is 2.35. The molecule has 20 nitrogen and oxygen atoms in total. The van der Waals surface area contributed by atoms with E-state index in [0.29, 0.717) is 0 Å². The molecular weight excluding hydrogens is 744 g/mol. The van der Waals surface area contributed by atoms with Gasteiger partial charge in [-0.1, -0.05) is 0 Å². The molecule has 0 aliphatic carbocycles. The van der Waals surface area contributed by atoms with Crippen LogP contribution in [0.3, 0.4) is 0 Å². The molecule has 8 bridgehead atoms. The molecule has 0 spiro atoms. The van der Waals surface area contributed by atoms with E-state index < -0.39 is 99.7 Å². The molecule has 0 amide bonds. The number of aliphatic hydroxyl groups is 16. The fourth-order valence-electron chi connectivity index (χ4n) is 6.50. The molecule has 5 heterocycles. The molecule has 0 unspecified atom stereocenters. The monoisotopic (exact) mass is 790 g/mol. The van der Waals surface area contributed by atoms with Gasteiger partial charge < -0.3 is 91.7 Å². The highest BCUT2D eigenvalue weighted by atomic mass is 16.4. The number of hydrogen-bond acceptors (Lipinski definition) is 18. The Morgan fingerprint density at radius 3 is 0.875 bits per heavy atom. The van der Waals surface area contributed by atoms with Crippen molar-refractivity contribution in [2.24, 2.45) is 0 Å². The summed E-state index contributed by atoms with van der Waals surface area (Å²) in [7, 11) is 0. The van der Waals surface area contributed by atoms with Crippen LogP contribution in [0.25, 0.3) is 46.4 Å². The minimum absolute atomic E-state index is 0.0128. The predicted octanol–water partition coefficient (Wildman–Crippen LogP) is -4.35. The van der Waals surface area contributed by atoms with Crippen LogP contribution in [0.5, 0.6) is 0 Å². The minimum atomic E-state index is -2.04. The quantitative estimate of drug-likeness (QED) is 0.0449. The van der Waals surface area contributed by atoms with Crippen LogP contribution in [0, 0.1) is 0 Å². The molecule has 0 saturated heterocycles. The van der Waals surface area contributed by atoms with Gasteiger partial charge in [-0.3, -0.25) is 0 Å². The summed E-state index contributed by atoms with van der Waals surface area (Å²) in [6.07, 6.45) is -18.3. The summed E-state index contributed by atoms with van der Waals surface area (Å²) < 4.78 is 0. The summed E-state index contributed by atoms with van der Waals surface area (Å²) in [5.41, 5.74) is -1.52. The molecule has 5 rings (SSSR count). The van der Waals surface area contributed by atoms with Gasteiger partial charge in [0.15, 0.2) is 0 Å². The lowest BCUT2D eigenvalue weighted by Crippen LogP contribution is -2.35. The van der Waals surface area contributed by atoms with Crippen molar-refractivity contribution in [3.05, 3.63) is 69.3 Å². The van der Waals surface area contributed by atoms with Gasteiger partial charge in [-0.2, -0.15) is 0 Å². The first kappa shape index (κ1) is 43.1. The van der Waals surface area contributed by atoms with Crippen molar-refractivity contribution in [1.82, 2.24) is 19.9 Å². The molecule has 2 aliphatic heterocycles. The number of aromatic nitrogens is 4. The first-order chi connectivity index (χ1) is 26.6. The number of nitrogens with zero attached hydrogens (tertiary/aromatic N) is 2. The third-order valence-electron chi connectivity index (χ3n) is 9.72. The third kappa shape index (κ3) is 8.32. The molecule has 0 saturated carbocycles. The van der Waals surface area contributed by atoms with E-state index in [1.54, 1.807) is 0 Å². The van der Waals surface area contributed by atoms with E-state index in [-0.39, 0.29) is 67.1 Å². The van der Waals surface area contributed by atoms with Gasteiger partial charge in [-0.15, -0.1) is 0 Å². The molecule has 0 fully saturated rings. The average Bonchev–Trinajstić information content (AvgIpc) is 4.05. The maximum absolute atomic E-state index is 11.5. The van der Waals surface area contributed by atoms with Crippen LogP contribution in [0.1, 0.15) is 69.4 Å². The number of fused-ring (bicyclic) bond motifs is 8. The normalized spacial score (nSPS) is 19.4. The maximum atomic E-state index is 11.5. The van der Waals surface area contributed by atoms with Crippen LogP contribution in [0.2, 0.25) is 0 Å². The number of aliphatic hydroxyl groups excluding tert-OH is 16. The van der Waals surface area contributed by atoms with Crippen LogP contribution in [0.4, 0.5) is 0 Å². The van der Waals surface area contributed by atoms with Crippen molar-refractivity contribution in [2.75, 3.05) is 26.4 Å². The number of rotatable bonds is 16. The summed E-state index contributed by atoms with van der Waals surface area (Å²) in [6.45, 7) is -3.85. The molecule has 0 aromatic carbocycles. The second-order valence-electron chi connectivity index (χ2n) is 13.4. The summed E-state index contributed by atoms with van der Waals surface area (Å²) in [6, 6.07) is 5.41. The fraction of sp³-hybridized carbons (Fsp3) is 0.444. The van der Waals surface area contributed by atoms with Gasteiger partial charge in [0.05, 0.1) is 49.2 Å². The van der Waals surface area contributed by atoms with Crippen molar-refractivity contribution in [3.8, 4) is 0 Å². The van der Waals surface area contributed by atoms with Crippen molar-refractivity contribution >= 4 is 46.4 Å². The van der Waals surface area contributed by atoms with Gasteiger partial charge in [-0.05, 0) is 48.6 Å². The maximum Gasteiger partial charge on any atom is 0.112 e. The Kier molecular flexibility index (Phi) is 13.9. The first-order valence-electron chi connectivity index (χ1n) is 17.4. The van der Waals surface area contributed by atoms with Crippen molar-refractivity contribution in [1.29, 1.82) is 0 Å².